The van der Waals surface area contributed by atoms with E-state index in [0.29, 0.717) is 28.4 Å². The summed E-state index contributed by atoms with van der Waals surface area (Å²) in [5.74, 6) is 1.45. The molecule has 0 saturated carbocycles. The Bertz CT molecular complexity index is 1000. The Balaban J connectivity index is 1.68. The first-order valence-electron chi connectivity index (χ1n) is 8.63. The second kappa shape index (κ2) is 8.74. The monoisotopic (exact) mass is 373 g/mol. The van der Waals surface area contributed by atoms with Gasteiger partial charge in [0.05, 0.1) is 31.4 Å². The number of ketones is 1. The summed E-state index contributed by atoms with van der Waals surface area (Å²) >= 11 is 0. The SMILES string of the molecule is COc1ccc(OC)c(C(=O)COc2ccc(-c3ccc(C#N)cc3)cc2)c1. The lowest BCUT2D eigenvalue weighted by atomic mass is 10.0. The Labute approximate surface area is 163 Å². The molecule has 0 fully saturated rings. The van der Waals surface area contributed by atoms with Crippen LogP contribution >= 0.6 is 0 Å². The lowest BCUT2D eigenvalue weighted by Gasteiger charge is -2.11. The largest absolute Gasteiger partial charge is 0.497 e. The van der Waals surface area contributed by atoms with E-state index in [9.17, 15) is 4.79 Å². The molecule has 0 spiro atoms. The Kier molecular flexibility index (Phi) is 5.93. The topological polar surface area (TPSA) is 68.6 Å². The fourth-order valence-corrected chi connectivity index (χ4v) is 2.74. The third kappa shape index (κ3) is 4.30. The number of nitrogens with zero attached hydrogens (tertiary/aromatic N) is 1. The summed E-state index contributed by atoms with van der Waals surface area (Å²) < 4.78 is 16.1. The van der Waals surface area contributed by atoms with E-state index in [1.165, 1.54) is 7.11 Å². The third-order valence-corrected chi connectivity index (χ3v) is 4.28. The van der Waals surface area contributed by atoms with Crippen molar-refractivity contribution in [3.63, 3.8) is 0 Å². The van der Waals surface area contributed by atoms with Gasteiger partial charge in [-0.25, -0.2) is 0 Å². The van der Waals surface area contributed by atoms with Gasteiger partial charge in [-0.15, -0.1) is 0 Å². The van der Waals surface area contributed by atoms with Gasteiger partial charge in [0.15, 0.2) is 6.61 Å². The molecule has 0 unspecified atom stereocenters. The number of methoxy groups -OCH3 is 2. The molecule has 0 aliphatic heterocycles. The van der Waals surface area contributed by atoms with E-state index in [1.54, 1.807) is 37.4 Å². The van der Waals surface area contributed by atoms with Crippen molar-refractivity contribution in [3.05, 3.63) is 77.9 Å². The number of rotatable bonds is 7. The average molecular weight is 373 g/mol. The van der Waals surface area contributed by atoms with Crippen molar-refractivity contribution in [2.75, 3.05) is 20.8 Å². The van der Waals surface area contributed by atoms with E-state index >= 15 is 0 Å². The molecular weight excluding hydrogens is 354 g/mol. The molecule has 0 amide bonds. The highest BCUT2D eigenvalue weighted by Crippen LogP contribution is 2.26. The van der Waals surface area contributed by atoms with E-state index < -0.39 is 0 Å². The predicted octanol–water partition coefficient (Wildman–Crippen LogP) is 4.50. The van der Waals surface area contributed by atoms with Crippen LogP contribution in [0.4, 0.5) is 0 Å². The molecule has 0 saturated heterocycles. The van der Waals surface area contributed by atoms with Gasteiger partial charge < -0.3 is 14.2 Å². The van der Waals surface area contributed by atoms with Gasteiger partial charge in [-0.05, 0) is 53.6 Å². The normalized spacial score (nSPS) is 10.0. The quantitative estimate of drug-likeness (QED) is 0.570. The maximum atomic E-state index is 12.5. The zero-order chi connectivity index (χ0) is 19.9. The predicted molar refractivity (Wildman–Crippen MR) is 106 cm³/mol. The smallest absolute Gasteiger partial charge is 0.204 e. The molecule has 0 aliphatic rings. The highest BCUT2D eigenvalue weighted by molar-refractivity contribution is 6.00. The molecule has 3 aromatic rings. The van der Waals surface area contributed by atoms with Crippen molar-refractivity contribution < 1.29 is 19.0 Å². The number of carbonyl (C=O) groups is 1. The Morgan fingerprint density at radius 1 is 0.857 bits per heavy atom. The zero-order valence-electron chi connectivity index (χ0n) is 15.6. The van der Waals surface area contributed by atoms with Gasteiger partial charge in [0.25, 0.3) is 0 Å². The molecule has 0 heterocycles. The summed E-state index contributed by atoms with van der Waals surface area (Å²) in [6, 6.07) is 22.0. The Hall–Kier alpha value is -3.78. The number of ether oxygens (including phenoxy) is 3. The van der Waals surface area contributed by atoms with Crippen LogP contribution in [0.5, 0.6) is 17.2 Å². The summed E-state index contributed by atoms with van der Waals surface area (Å²) in [5, 5.41) is 8.87. The van der Waals surface area contributed by atoms with E-state index in [4.69, 9.17) is 19.5 Å². The third-order valence-electron chi connectivity index (χ3n) is 4.28. The molecule has 0 aliphatic carbocycles. The van der Waals surface area contributed by atoms with Gasteiger partial charge in [0.2, 0.25) is 5.78 Å². The van der Waals surface area contributed by atoms with Crippen molar-refractivity contribution in [2.24, 2.45) is 0 Å². The van der Waals surface area contributed by atoms with E-state index in [0.717, 1.165) is 11.1 Å². The first kappa shape index (κ1) is 19.0. The number of nitriles is 1. The molecule has 0 aromatic heterocycles. The van der Waals surface area contributed by atoms with Crippen molar-refractivity contribution in [1.29, 1.82) is 5.26 Å². The van der Waals surface area contributed by atoms with Crippen molar-refractivity contribution in [3.8, 4) is 34.4 Å². The fourth-order valence-electron chi connectivity index (χ4n) is 2.74. The van der Waals surface area contributed by atoms with Crippen molar-refractivity contribution in [2.45, 2.75) is 0 Å². The number of benzene rings is 3. The maximum Gasteiger partial charge on any atom is 0.204 e. The Morgan fingerprint density at radius 2 is 1.46 bits per heavy atom. The summed E-state index contributed by atoms with van der Waals surface area (Å²) in [7, 11) is 3.06. The van der Waals surface area contributed by atoms with Gasteiger partial charge in [0.1, 0.15) is 17.2 Å². The molecule has 5 heteroatoms. The molecule has 140 valence electrons. The summed E-state index contributed by atoms with van der Waals surface area (Å²) in [6.07, 6.45) is 0. The molecule has 28 heavy (non-hydrogen) atoms. The average Bonchev–Trinajstić information content (AvgIpc) is 2.77. The minimum absolute atomic E-state index is 0.111. The highest BCUT2D eigenvalue weighted by atomic mass is 16.5. The maximum absolute atomic E-state index is 12.5. The van der Waals surface area contributed by atoms with Gasteiger partial charge in [-0.1, -0.05) is 24.3 Å². The van der Waals surface area contributed by atoms with Gasteiger partial charge >= 0.3 is 0 Å². The highest BCUT2D eigenvalue weighted by Gasteiger charge is 2.14. The number of hydrogen-bond donors (Lipinski definition) is 0. The number of carbonyl (C=O) groups excluding carboxylic acids is 1. The van der Waals surface area contributed by atoms with Crippen LogP contribution in [0.25, 0.3) is 11.1 Å². The molecule has 0 N–H and O–H groups in total. The van der Waals surface area contributed by atoms with Crippen LogP contribution in [-0.2, 0) is 0 Å². The first-order chi connectivity index (χ1) is 13.6. The molecule has 0 atom stereocenters. The Morgan fingerprint density at radius 3 is 2.04 bits per heavy atom. The van der Waals surface area contributed by atoms with Crippen molar-refractivity contribution >= 4 is 5.78 Å². The molecule has 0 bridgehead atoms. The molecule has 0 radical (unpaired) electrons. The summed E-state index contributed by atoms with van der Waals surface area (Å²) in [6.45, 7) is -0.111. The molecule has 3 aromatic carbocycles. The van der Waals surface area contributed by atoms with Gasteiger partial charge in [-0.3, -0.25) is 4.79 Å². The van der Waals surface area contributed by atoms with E-state index in [2.05, 4.69) is 6.07 Å². The van der Waals surface area contributed by atoms with Crippen LogP contribution in [0.2, 0.25) is 0 Å². The summed E-state index contributed by atoms with van der Waals surface area (Å²) in [5.41, 5.74) is 3.03. The van der Waals surface area contributed by atoms with Gasteiger partial charge in [-0.2, -0.15) is 5.26 Å². The lowest BCUT2D eigenvalue weighted by Crippen LogP contribution is -2.13. The molecule has 5 nitrogen and oxygen atoms in total. The van der Waals surface area contributed by atoms with Crippen molar-refractivity contribution in [1.82, 2.24) is 0 Å². The number of Topliss-reactive ketones (excluding diaryl/α,β-unsaturated/α-hetero) is 1. The summed E-state index contributed by atoms with van der Waals surface area (Å²) in [4.78, 5) is 12.5. The van der Waals surface area contributed by atoms with E-state index in [1.807, 2.05) is 36.4 Å². The van der Waals surface area contributed by atoms with Crippen LogP contribution in [0.3, 0.4) is 0 Å². The van der Waals surface area contributed by atoms with E-state index in [-0.39, 0.29) is 12.4 Å². The molecular formula is C23H19NO4. The second-order valence-corrected chi connectivity index (χ2v) is 5.99. The fraction of sp³-hybridized carbons (Fsp3) is 0.130. The van der Waals surface area contributed by atoms with Crippen LogP contribution < -0.4 is 14.2 Å². The second-order valence-electron chi connectivity index (χ2n) is 5.99. The van der Waals surface area contributed by atoms with Gasteiger partial charge in [0, 0.05) is 0 Å². The van der Waals surface area contributed by atoms with Crippen LogP contribution in [-0.4, -0.2) is 26.6 Å². The van der Waals surface area contributed by atoms with Crippen LogP contribution in [0.15, 0.2) is 66.7 Å². The number of hydrogen-bond acceptors (Lipinski definition) is 5. The minimum atomic E-state index is -0.202. The minimum Gasteiger partial charge on any atom is -0.497 e. The van der Waals surface area contributed by atoms with Crippen LogP contribution in [0, 0.1) is 11.3 Å². The first-order valence-corrected chi connectivity index (χ1v) is 8.63. The zero-order valence-corrected chi connectivity index (χ0v) is 15.6. The standard InChI is InChI=1S/C23H19NO4/c1-26-20-11-12-23(27-2)21(13-20)22(25)15-28-19-9-7-18(8-10-19)17-5-3-16(14-24)4-6-17/h3-13H,15H2,1-2H3. The lowest BCUT2D eigenvalue weighted by molar-refractivity contribution is 0.0918. The van der Waals surface area contributed by atoms with Crippen LogP contribution in [0.1, 0.15) is 15.9 Å². The molecule has 3 rings (SSSR count).